The summed E-state index contributed by atoms with van der Waals surface area (Å²) in [6.45, 7) is 1.97. The minimum atomic E-state index is -0.233. The Hall–Kier alpha value is -3.23. The summed E-state index contributed by atoms with van der Waals surface area (Å²) < 4.78 is 1.65. The second-order valence-electron chi connectivity index (χ2n) is 7.17. The Balaban J connectivity index is 1.54. The second-order valence-corrected chi connectivity index (χ2v) is 9.15. The van der Waals surface area contributed by atoms with Crippen LogP contribution in [0.4, 0.5) is 5.69 Å². The first-order chi connectivity index (χ1) is 15.5. The molecule has 0 atom stereocenters. The first-order valence-electron chi connectivity index (χ1n) is 10.1. The Morgan fingerprint density at radius 1 is 1.09 bits per heavy atom. The SMILES string of the molecule is CC(=O)c1cccc(NC(=O)CSc2nc3ccccc3c(=O)n2CCc2cccs2)c1. The molecule has 0 aliphatic carbocycles. The maximum Gasteiger partial charge on any atom is 0.262 e. The number of nitrogens with zero attached hydrogens (tertiary/aromatic N) is 2. The molecule has 2 heterocycles. The highest BCUT2D eigenvalue weighted by molar-refractivity contribution is 7.99. The lowest BCUT2D eigenvalue weighted by atomic mass is 10.1. The molecule has 0 spiro atoms. The second kappa shape index (κ2) is 9.93. The van der Waals surface area contributed by atoms with Crippen molar-refractivity contribution in [1.82, 2.24) is 9.55 Å². The Bertz CT molecular complexity index is 1330. The first kappa shape index (κ1) is 22.0. The molecule has 0 unspecified atom stereocenters. The topological polar surface area (TPSA) is 81.1 Å². The van der Waals surface area contributed by atoms with E-state index in [9.17, 15) is 14.4 Å². The number of thiophene rings is 1. The van der Waals surface area contributed by atoms with Gasteiger partial charge in [-0.25, -0.2) is 4.98 Å². The first-order valence-corrected chi connectivity index (χ1v) is 11.9. The molecule has 0 radical (unpaired) electrons. The zero-order valence-electron chi connectivity index (χ0n) is 17.4. The van der Waals surface area contributed by atoms with Gasteiger partial charge in [0.1, 0.15) is 0 Å². The van der Waals surface area contributed by atoms with E-state index in [1.54, 1.807) is 52.3 Å². The summed E-state index contributed by atoms with van der Waals surface area (Å²) in [4.78, 5) is 43.1. The van der Waals surface area contributed by atoms with E-state index in [4.69, 9.17) is 0 Å². The number of thioether (sulfide) groups is 1. The number of benzene rings is 2. The predicted octanol–water partition coefficient (Wildman–Crippen LogP) is 4.63. The van der Waals surface area contributed by atoms with Gasteiger partial charge in [-0.3, -0.25) is 19.0 Å². The van der Waals surface area contributed by atoms with E-state index in [0.717, 1.165) is 6.42 Å². The van der Waals surface area contributed by atoms with Gasteiger partial charge in [0.2, 0.25) is 5.91 Å². The summed E-state index contributed by atoms with van der Waals surface area (Å²) in [5.74, 6) is -0.206. The van der Waals surface area contributed by atoms with E-state index in [0.29, 0.717) is 33.9 Å². The number of fused-ring (bicyclic) bond motifs is 1. The van der Waals surface area contributed by atoms with Gasteiger partial charge < -0.3 is 5.32 Å². The molecule has 32 heavy (non-hydrogen) atoms. The van der Waals surface area contributed by atoms with Crippen LogP contribution < -0.4 is 10.9 Å². The lowest BCUT2D eigenvalue weighted by Gasteiger charge is -2.13. The predicted molar refractivity (Wildman–Crippen MR) is 130 cm³/mol. The van der Waals surface area contributed by atoms with E-state index in [1.807, 2.05) is 29.6 Å². The van der Waals surface area contributed by atoms with Crippen LogP contribution in [0.2, 0.25) is 0 Å². The van der Waals surface area contributed by atoms with Crippen molar-refractivity contribution in [2.45, 2.75) is 25.0 Å². The molecule has 4 aromatic rings. The Kier molecular flexibility index (Phi) is 6.82. The lowest BCUT2D eigenvalue weighted by Crippen LogP contribution is -2.25. The smallest absolute Gasteiger partial charge is 0.262 e. The quantitative estimate of drug-likeness (QED) is 0.234. The fourth-order valence-corrected chi connectivity index (χ4v) is 4.80. The largest absolute Gasteiger partial charge is 0.325 e. The van der Waals surface area contributed by atoms with Gasteiger partial charge in [-0.2, -0.15) is 0 Å². The standard InChI is InChI=1S/C24H21N3O3S2/c1-16(28)17-6-4-7-18(14-17)25-22(29)15-32-24-26-21-10-3-2-9-20(21)23(30)27(24)12-11-19-8-5-13-31-19/h2-10,13-14H,11-12,15H2,1H3,(H,25,29). The molecule has 0 saturated carbocycles. The number of para-hydroxylation sites is 1. The Morgan fingerprint density at radius 2 is 1.94 bits per heavy atom. The molecular formula is C24H21N3O3S2. The van der Waals surface area contributed by atoms with Gasteiger partial charge >= 0.3 is 0 Å². The zero-order valence-corrected chi connectivity index (χ0v) is 19.0. The molecule has 162 valence electrons. The molecule has 0 fully saturated rings. The number of hydrogen-bond acceptors (Lipinski definition) is 6. The number of amides is 1. The van der Waals surface area contributed by atoms with Crippen LogP contribution in [0.3, 0.4) is 0 Å². The van der Waals surface area contributed by atoms with Crippen molar-refractivity contribution in [3.05, 3.63) is 86.8 Å². The van der Waals surface area contributed by atoms with E-state index < -0.39 is 0 Å². The summed E-state index contributed by atoms with van der Waals surface area (Å²) in [5.41, 5.74) is 1.60. The van der Waals surface area contributed by atoms with Gasteiger partial charge in [0.05, 0.1) is 16.7 Å². The summed E-state index contributed by atoms with van der Waals surface area (Å²) in [6.07, 6.45) is 0.717. The molecule has 0 saturated heterocycles. The fraction of sp³-hybridized carbons (Fsp3) is 0.167. The number of aryl methyl sites for hydroxylation is 1. The fourth-order valence-electron chi connectivity index (χ4n) is 3.27. The molecule has 1 amide bonds. The van der Waals surface area contributed by atoms with E-state index in [2.05, 4.69) is 10.3 Å². The molecular weight excluding hydrogens is 442 g/mol. The number of nitrogens with one attached hydrogen (secondary N) is 1. The maximum absolute atomic E-state index is 13.1. The molecule has 1 N–H and O–H groups in total. The highest BCUT2D eigenvalue weighted by Gasteiger charge is 2.14. The van der Waals surface area contributed by atoms with Gasteiger partial charge in [0, 0.05) is 22.7 Å². The number of rotatable bonds is 8. The molecule has 0 bridgehead atoms. The van der Waals surface area contributed by atoms with Gasteiger partial charge in [0.25, 0.3) is 5.56 Å². The van der Waals surface area contributed by atoms with Crippen LogP contribution in [0.15, 0.2) is 76.0 Å². The van der Waals surface area contributed by atoms with Crippen LogP contribution in [0.1, 0.15) is 22.2 Å². The number of aromatic nitrogens is 2. The Labute approximate surface area is 193 Å². The number of carbonyl (C=O) groups is 2. The summed E-state index contributed by atoms with van der Waals surface area (Å²) in [6, 6.07) is 18.1. The van der Waals surface area contributed by atoms with Crippen LogP contribution in [-0.4, -0.2) is 27.0 Å². The third-order valence-electron chi connectivity index (χ3n) is 4.87. The summed E-state index contributed by atoms with van der Waals surface area (Å²) >= 11 is 2.88. The molecule has 0 aliphatic rings. The zero-order chi connectivity index (χ0) is 22.5. The van der Waals surface area contributed by atoms with Gasteiger partial charge in [-0.1, -0.05) is 42.1 Å². The Morgan fingerprint density at radius 3 is 2.72 bits per heavy atom. The molecule has 2 aromatic heterocycles. The summed E-state index contributed by atoms with van der Waals surface area (Å²) in [5, 5.41) is 5.89. The van der Waals surface area contributed by atoms with Crippen molar-refractivity contribution in [3.63, 3.8) is 0 Å². The van der Waals surface area contributed by atoms with Gasteiger partial charge in [-0.05, 0) is 49.1 Å². The van der Waals surface area contributed by atoms with Crippen molar-refractivity contribution in [2.24, 2.45) is 0 Å². The van der Waals surface area contributed by atoms with Crippen molar-refractivity contribution in [3.8, 4) is 0 Å². The molecule has 6 nitrogen and oxygen atoms in total. The highest BCUT2D eigenvalue weighted by Crippen LogP contribution is 2.20. The minimum absolute atomic E-state index is 0.0643. The van der Waals surface area contributed by atoms with E-state index >= 15 is 0 Å². The molecule has 0 aliphatic heterocycles. The van der Waals surface area contributed by atoms with Crippen LogP contribution in [0.5, 0.6) is 0 Å². The van der Waals surface area contributed by atoms with Gasteiger partial charge in [-0.15, -0.1) is 11.3 Å². The number of hydrogen-bond donors (Lipinski definition) is 1. The van der Waals surface area contributed by atoms with Crippen molar-refractivity contribution in [1.29, 1.82) is 0 Å². The monoisotopic (exact) mass is 463 g/mol. The number of carbonyl (C=O) groups excluding carboxylic acids is 2. The third kappa shape index (κ3) is 5.15. The van der Waals surface area contributed by atoms with Crippen LogP contribution in [-0.2, 0) is 17.8 Å². The highest BCUT2D eigenvalue weighted by atomic mass is 32.2. The van der Waals surface area contributed by atoms with Crippen LogP contribution in [0.25, 0.3) is 10.9 Å². The average molecular weight is 464 g/mol. The minimum Gasteiger partial charge on any atom is -0.325 e. The molecule has 8 heteroatoms. The van der Waals surface area contributed by atoms with Gasteiger partial charge in [0.15, 0.2) is 10.9 Å². The number of Topliss-reactive ketones (excluding diaryl/α,β-unsaturated/α-hetero) is 1. The van der Waals surface area contributed by atoms with E-state index in [1.165, 1.54) is 23.6 Å². The third-order valence-corrected chi connectivity index (χ3v) is 6.79. The van der Waals surface area contributed by atoms with Crippen molar-refractivity contribution in [2.75, 3.05) is 11.1 Å². The average Bonchev–Trinajstić information content (AvgIpc) is 3.31. The van der Waals surface area contributed by atoms with Crippen LogP contribution >= 0.6 is 23.1 Å². The van der Waals surface area contributed by atoms with Crippen molar-refractivity contribution < 1.29 is 9.59 Å². The van der Waals surface area contributed by atoms with E-state index in [-0.39, 0.29) is 23.0 Å². The maximum atomic E-state index is 13.1. The normalized spacial score (nSPS) is 10.9. The van der Waals surface area contributed by atoms with Crippen molar-refractivity contribution >= 4 is 51.4 Å². The van der Waals surface area contributed by atoms with Crippen LogP contribution in [0, 0.1) is 0 Å². The number of ketones is 1. The summed E-state index contributed by atoms with van der Waals surface area (Å²) in [7, 11) is 0. The number of anilines is 1. The lowest BCUT2D eigenvalue weighted by molar-refractivity contribution is -0.113. The molecule has 4 rings (SSSR count). The molecule has 2 aromatic carbocycles.